The first-order valence-corrected chi connectivity index (χ1v) is 6.16. The molecule has 1 aromatic rings. The predicted molar refractivity (Wildman–Crippen MR) is 70.4 cm³/mol. The third-order valence-corrected chi connectivity index (χ3v) is 3.02. The van der Waals surface area contributed by atoms with Gasteiger partial charge in [0.25, 0.3) is 0 Å². The van der Waals surface area contributed by atoms with E-state index in [1.807, 2.05) is 7.05 Å². The molecule has 0 fully saturated rings. The summed E-state index contributed by atoms with van der Waals surface area (Å²) >= 11 is 0. The first kappa shape index (κ1) is 15.1. The molecule has 0 radical (unpaired) electrons. The van der Waals surface area contributed by atoms with Crippen molar-refractivity contribution in [2.75, 3.05) is 26.7 Å². The average Bonchev–Trinajstić information content (AvgIpc) is 2.30. The van der Waals surface area contributed by atoms with Crippen LogP contribution in [-0.4, -0.2) is 31.6 Å². The van der Waals surface area contributed by atoms with E-state index in [1.54, 1.807) is 0 Å². The summed E-state index contributed by atoms with van der Waals surface area (Å²) in [5.74, 6) is -0.737. The first-order valence-electron chi connectivity index (χ1n) is 6.16. The van der Waals surface area contributed by atoms with Gasteiger partial charge >= 0.3 is 0 Å². The summed E-state index contributed by atoms with van der Waals surface area (Å²) in [5, 5.41) is 0. The minimum absolute atomic E-state index is 0.0369. The second kappa shape index (κ2) is 6.25. The highest BCUT2D eigenvalue weighted by molar-refractivity contribution is 5.19. The van der Waals surface area contributed by atoms with Gasteiger partial charge in [0.05, 0.1) is 0 Å². The number of benzene rings is 1. The number of nitrogens with two attached hydrogens (primary N) is 1. The minimum Gasteiger partial charge on any atom is -0.330 e. The van der Waals surface area contributed by atoms with Crippen LogP contribution in [0.2, 0.25) is 0 Å². The lowest BCUT2D eigenvalue weighted by atomic mass is 9.93. The molecule has 18 heavy (non-hydrogen) atoms. The van der Waals surface area contributed by atoms with Gasteiger partial charge in [-0.05, 0) is 49.2 Å². The Morgan fingerprint density at radius 2 is 1.94 bits per heavy atom. The van der Waals surface area contributed by atoms with Crippen molar-refractivity contribution in [1.29, 1.82) is 0 Å². The molecule has 1 aromatic carbocycles. The summed E-state index contributed by atoms with van der Waals surface area (Å²) in [6.45, 7) is 6.30. The Morgan fingerprint density at radius 1 is 1.28 bits per heavy atom. The normalized spacial score (nSPS) is 12.2. The number of hydrogen-bond acceptors (Lipinski definition) is 2. The van der Waals surface area contributed by atoms with Crippen molar-refractivity contribution in [3.63, 3.8) is 0 Å². The van der Waals surface area contributed by atoms with E-state index in [9.17, 15) is 8.78 Å². The Hall–Kier alpha value is -1.00. The third-order valence-electron chi connectivity index (χ3n) is 3.02. The van der Waals surface area contributed by atoms with Crippen molar-refractivity contribution in [3.05, 3.63) is 35.4 Å². The smallest absolute Gasteiger partial charge is 0.126 e. The summed E-state index contributed by atoms with van der Waals surface area (Å²) in [4.78, 5) is 2.09. The number of halogens is 2. The molecule has 0 aliphatic heterocycles. The van der Waals surface area contributed by atoms with E-state index in [-0.39, 0.29) is 11.2 Å². The van der Waals surface area contributed by atoms with Crippen molar-refractivity contribution in [2.45, 2.75) is 20.3 Å². The Kier molecular flexibility index (Phi) is 5.23. The maximum atomic E-state index is 13.4. The first-order chi connectivity index (χ1) is 8.34. The molecule has 0 amide bonds. The quantitative estimate of drug-likeness (QED) is 0.847. The Bertz CT molecular complexity index is 391. The van der Waals surface area contributed by atoms with Crippen molar-refractivity contribution in [1.82, 2.24) is 4.90 Å². The Morgan fingerprint density at radius 3 is 2.56 bits per heavy atom. The maximum Gasteiger partial charge on any atom is 0.126 e. The van der Waals surface area contributed by atoms with Gasteiger partial charge in [0.1, 0.15) is 11.6 Å². The maximum absolute atomic E-state index is 13.4. The zero-order valence-electron chi connectivity index (χ0n) is 11.3. The largest absolute Gasteiger partial charge is 0.330 e. The van der Waals surface area contributed by atoms with Gasteiger partial charge in [-0.15, -0.1) is 0 Å². The molecule has 0 spiro atoms. The zero-order chi connectivity index (χ0) is 13.8. The van der Waals surface area contributed by atoms with Gasteiger partial charge in [-0.2, -0.15) is 0 Å². The van der Waals surface area contributed by atoms with Gasteiger partial charge in [0.2, 0.25) is 0 Å². The lowest BCUT2D eigenvalue weighted by Gasteiger charge is -2.29. The van der Waals surface area contributed by atoms with Crippen LogP contribution in [-0.2, 0) is 6.42 Å². The van der Waals surface area contributed by atoms with E-state index >= 15 is 0 Å². The highest BCUT2D eigenvalue weighted by Gasteiger charge is 2.18. The van der Waals surface area contributed by atoms with Crippen LogP contribution < -0.4 is 5.73 Å². The molecule has 2 N–H and O–H groups in total. The molecular formula is C14H22F2N2. The average molecular weight is 256 g/mol. The lowest BCUT2D eigenvalue weighted by molar-refractivity contribution is 0.217. The van der Waals surface area contributed by atoms with E-state index in [0.717, 1.165) is 12.6 Å². The van der Waals surface area contributed by atoms with Crippen molar-refractivity contribution in [2.24, 2.45) is 11.1 Å². The zero-order valence-corrected chi connectivity index (χ0v) is 11.3. The SMILES string of the molecule is CN(CCc1cc(F)ccc1F)CC(C)(C)CN. The molecule has 2 nitrogen and oxygen atoms in total. The molecule has 1 rings (SSSR count). The van der Waals surface area contributed by atoms with Gasteiger partial charge in [0.15, 0.2) is 0 Å². The predicted octanol–water partition coefficient (Wildman–Crippen LogP) is 2.42. The molecule has 102 valence electrons. The van der Waals surface area contributed by atoms with Gasteiger partial charge in [0, 0.05) is 13.1 Å². The highest BCUT2D eigenvalue weighted by atomic mass is 19.1. The van der Waals surface area contributed by atoms with Gasteiger partial charge in [-0.3, -0.25) is 0 Å². The molecule has 0 aliphatic rings. The van der Waals surface area contributed by atoms with E-state index in [2.05, 4.69) is 18.7 Å². The van der Waals surface area contributed by atoms with Crippen LogP contribution in [0.1, 0.15) is 19.4 Å². The molecule has 4 heteroatoms. The van der Waals surface area contributed by atoms with Crippen LogP contribution in [0.15, 0.2) is 18.2 Å². The fourth-order valence-corrected chi connectivity index (χ4v) is 1.92. The molecule has 0 unspecified atom stereocenters. The third kappa shape index (κ3) is 4.70. The summed E-state index contributed by atoms with van der Waals surface area (Å²) in [5.41, 5.74) is 6.13. The lowest BCUT2D eigenvalue weighted by Crippen LogP contribution is -2.37. The molecule has 0 heterocycles. The Balaban J connectivity index is 2.52. The molecule has 0 aliphatic carbocycles. The summed E-state index contributed by atoms with van der Waals surface area (Å²) in [7, 11) is 1.97. The number of nitrogens with zero attached hydrogens (tertiary/aromatic N) is 1. The standard InChI is InChI=1S/C14H22F2N2/c1-14(2,9-17)10-18(3)7-6-11-8-12(15)4-5-13(11)16/h4-5,8H,6-7,9-10,17H2,1-3H3. The van der Waals surface area contributed by atoms with Crippen LogP contribution in [0.3, 0.4) is 0 Å². The fourth-order valence-electron chi connectivity index (χ4n) is 1.92. The fraction of sp³-hybridized carbons (Fsp3) is 0.571. The Labute approximate surface area is 108 Å². The van der Waals surface area contributed by atoms with Crippen LogP contribution in [0.5, 0.6) is 0 Å². The van der Waals surface area contributed by atoms with Crippen LogP contribution in [0.4, 0.5) is 8.78 Å². The van der Waals surface area contributed by atoms with Crippen LogP contribution in [0.25, 0.3) is 0 Å². The molecule has 0 saturated heterocycles. The van der Waals surface area contributed by atoms with Gasteiger partial charge in [-0.1, -0.05) is 13.8 Å². The minimum atomic E-state index is -0.392. The second-order valence-corrected chi connectivity index (χ2v) is 5.59. The number of hydrogen-bond donors (Lipinski definition) is 1. The van der Waals surface area contributed by atoms with Gasteiger partial charge in [-0.25, -0.2) is 8.78 Å². The van der Waals surface area contributed by atoms with E-state index in [0.29, 0.717) is 25.1 Å². The molecule has 0 aromatic heterocycles. The number of rotatable bonds is 6. The van der Waals surface area contributed by atoms with Gasteiger partial charge < -0.3 is 10.6 Å². The van der Waals surface area contributed by atoms with E-state index < -0.39 is 5.82 Å². The highest BCUT2D eigenvalue weighted by Crippen LogP contribution is 2.15. The summed E-state index contributed by atoms with van der Waals surface area (Å²) in [6, 6.07) is 3.58. The summed E-state index contributed by atoms with van der Waals surface area (Å²) < 4.78 is 26.4. The van der Waals surface area contributed by atoms with Crippen LogP contribution >= 0.6 is 0 Å². The molecule has 0 bridgehead atoms. The second-order valence-electron chi connectivity index (χ2n) is 5.59. The van der Waals surface area contributed by atoms with Crippen LogP contribution in [0, 0.1) is 17.0 Å². The topological polar surface area (TPSA) is 29.3 Å². The van der Waals surface area contributed by atoms with E-state index in [1.165, 1.54) is 12.1 Å². The van der Waals surface area contributed by atoms with E-state index in [4.69, 9.17) is 5.73 Å². The number of likely N-dealkylation sites (N-methyl/N-ethyl adjacent to an activating group) is 1. The van der Waals surface area contributed by atoms with Crippen molar-refractivity contribution < 1.29 is 8.78 Å². The molecule has 0 saturated carbocycles. The molecule has 0 atom stereocenters. The summed E-state index contributed by atoms with van der Waals surface area (Å²) in [6.07, 6.45) is 0.501. The molecular weight excluding hydrogens is 234 g/mol. The van der Waals surface area contributed by atoms with Crippen molar-refractivity contribution >= 4 is 0 Å². The van der Waals surface area contributed by atoms with Crippen molar-refractivity contribution in [3.8, 4) is 0 Å². The monoisotopic (exact) mass is 256 g/mol.